The fourth-order valence-electron chi connectivity index (χ4n) is 2.83. The number of rotatable bonds is 10. The van der Waals surface area contributed by atoms with Crippen LogP contribution in [0, 0.1) is 0 Å². The number of hydrogen-bond acceptors (Lipinski definition) is 3. The van der Waals surface area contributed by atoms with Gasteiger partial charge in [0, 0.05) is 0 Å². The lowest BCUT2D eigenvalue weighted by molar-refractivity contribution is 0.170. The Labute approximate surface area is 133 Å². The Morgan fingerprint density at radius 3 is 1.62 bits per heavy atom. The highest BCUT2D eigenvalue weighted by molar-refractivity contribution is 7.12. The summed E-state index contributed by atoms with van der Waals surface area (Å²) in [5.41, 5.74) is 0. The van der Waals surface area contributed by atoms with E-state index < -0.39 is 0 Å². The molecule has 0 N–H and O–H groups in total. The zero-order valence-corrected chi connectivity index (χ0v) is 14.5. The average Bonchev–Trinajstić information content (AvgIpc) is 2.87. The first-order valence-electron chi connectivity index (χ1n) is 8.77. The van der Waals surface area contributed by atoms with Crippen LogP contribution >= 0.6 is 11.3 Å². The Bertz CT molecular complexity index is 375. The Morgan fingerprint density at radius 2 is 1.19 bits per heavy atom. The minimum atomic E-state index is 0.709. The second kappa shape index (κ2) is 9.34. The topological polar surface area (TPSA) is 18.5 Å². The van der Waals surface area contributed by atoms with Crippen molar-refractivity contribution in [3.63, 3.8) is 0 Å². The second-order valence-electron chi connectivity index (χ2n) is 5.92. The minimum Gasteiger partial charge on any atom is -0.485 e. The van der Waals surface area contributed by atoms with Crippen LogP contribution in [0.2, 0.25) is 0 Å². The van der Waals surface area contributed by atoms with Crippen LogP contribution in [0.4, 0.5) is 0 Å². The zero-order chi connectivity index (χ0) is 14.9. The van der Waals surface area contributed by atoms with Gasteiger partial charge >= 0.3 is 0 Å². The van der Waals surface area contributed by atoms with Crippen molar-refractivity contribution in [2.45, 2.75) is 78.1 Å². The van der Waals surface area contributed by atoms with Crippen LogP contribution in [0.3, 0.4) is 0 Å². The normalized spacial score (nSPS) is 13.6. The fraction of sp³-hybridized carbons (Fsp3) is 0.778. The maximum absolute atomic E-state index is 5.91. The molecule has 1 aliphatic heterocycles. The molecule has 1 aromatic rings. The van der Waals surface area contributed by atoms with Gasteiger partial charge in [-0.1, -0.05) is 52.4 Å². The third-order valence-electron chi connectivity index (χ3n) is 4.05. The van der Waals surface area contributed by atoms with Crippen molar-refractivity contribution in [3.05, 3.63) is 9.75 Å². The van der Waals surface area contributed by atoms with E-state index in [1.54, 1.807) is 0 Å². The van der Waals surface area contributed by atoms with Crippen molar-refractivity contribution in [1.29, 1.82) is 0 Å². The van der Waals surface area contributed by atoms with Gasteiger partial charge in [-0.05, 0) is 25.7 Å². The molecule has 120 valence electrons. The molecular weight excluding hydrogens is 280 g/mol. The molecule has 0 atom stereocenters. The summed E-state index contributed by atoms with van der Waals surface area (Å²) in [4.78, 5) is 2.84. The minimum absolute atomic E-state index is 0.709. The van der Waals surface area contributed by atoms with Gasteiger partial charge in [0.1, 0.15) is 13.2 Å². The summed E-state index contributed by atoms with van der Waals surface area (Å²) in [6.45, 7) is 5.94. The van der Waals surface area contributed by atoms with Gasteiger partial charge < -0.3 is 9.47 Å². The Morgan fingerprint density at radius 1 is 0.714 bits per heavy atom. The molecule has 0 saturated carbocycles. The largest absolute Gasteiger partial charge is 0.485 e. The standard InChI is InChI=1S/C18H30O2S/c1-3-5-7-9-11-15-17-18(20-14-13-19-17)16(21-15)12-10-8-6-4-2/h3-14H2,1-2H3. The molecule has 0 spiro atoms. The van der Waals surface area contributed by atoms with E-state index in [0.29, 0.717) is 13.2 Å². The third kappa shape index (κ3) is 4.91. The van der Waals surface area contributed by atoms with Gasteiger partial charge in [0.15, 0.2) is 11.5 Å². The third-order valence-corrected chi connectivity index (χ3v) is 5.32. The van der Waals surface area contributed by atoms with Crippen LogP contribution in [-0.4, -0.2) is 13.2 Å². The summed E-state index contributed by atoms with van der Waals surface area (Å²) >= 11 is 1.94. The van der Waals surface area contributed by atoms with Gasteiger partial charge in [-0.3, -0.25) is 0 Å². The molecule has 0 unspecified atom stereocenters. The van der Waals surface area contributed by atoms with Crippen LogP contribution < -0.4 is 9.47 Å². The van der Waals surface area contributed by atoms with Crippen LogP contribution in [0.15, 0.2) is 0 Å². The SMILES string of the molecule is CCCCCCc1sc(CCCCCC)c2c1OCCO2. The average molecular weight is 311 g/mol. The van der Waals surface area contributed by atoms with Crippen molar-refractivity contribution >= 4 is 11.3 Å². The van der Waals surface area contributed by atoms with E-state index in [4.69, 9.17) is 9.47 Å². The molecule has 2 heterocycles. The monoisotopic (exact) mass is 310 g/mol. The highest BCUT2D eigenvalue weighted by atomic mass is 32.1. The highest BCUT2D eigenvalue weighted by Gasteiger charge is 2.23. The summed E-state index contributed by atoms with van der Waals surface area (Å²) in [5.74, 6) is 2.15. The molecule has 0 saturated heterocycles. The first-order chi connectivity index (χ1) is 10.4. The van der Waals surface area contributed by atoms with Crippen LogP contribution in [0.5, 0.6) is 11.5 Å². The molecule has 2 nitrogen and oxygen atoms in total. The van der Waals surface area contributed by atoms with E-state index in [2.05, 4.69) is 13.8 Å². The number of fused-ring (bicyclic) bond motifs is 1. The van der Waals surface area contributed by atoms with Crippen molar-refractivity contribution in [1.82, 2.24) is 0 Å². The quantitative estimate of drug-likeness (QED) is 0.511. The van der Waals surface area contributed by atoms with Crippen molar-refractivity contribution in [2.24, 2.45) is 0 Å². The predicted octanol–water partition coefficient (Wildman–Crippen LogP) is 5.76. The van der Waals surface area contributed by atoms with Gasteiger partial charge in [-0.25, -0.2) is 0 Å². The fourth-order valence-corrected chi connectivity index (χ4v) is 4.11. The molecule has 0 amide bonds. The highest BCUT2D eigenvalue weighted by Crippen LogP contribution is 2.45. The zero-order valence-electron chi connectivity index (χ0n) is 13.7. The van der Waals surface area contributed by atoms with Crippen molar-refractivity contribution in [3.8, 4) is 11.5 Å². The number of ether oxygens (including phenoxy) is 2. The summed E-state index contributed by atoms with van der Waals surface area (Å²) in [6, 6.07) is 0. The van der Waals surface area contributed by atoms with Crippen LogP contribution in [-0.2, 0) is 12.8 Å². The Hall–Kier alpha value is -0.700. The molecule has 1 aromatic heterocycles. The summed E-state index contributed by atoms with van der Waals surface area (Å²) < 4.78 is 11.8. The number of unbranched alkanes of at least 4 members (excludes halogenated alkanes) is 6. The van der Waals surface area contributed by atoms with E-state index in [-0.39, 0.29) is 0 Å². The Kier molecular flexibility index (Phi) is 7.42. The Balaban J connectivity index is 1.94. The molecule has 0 radical (unpaired) electrons. The molecule has 0 bridgehead atoms. The van der Waals surface area contributed by atoms with Gasteiger partial charge in [0.25, 0.3) is 0 Å². The summed E-state index contributed by atoms with van der Waals surface area (Å²) in [5, 5.41) is 0. The first-order valence-corrected chi connectivity index (χ1v) is 9.58. The second-order valence-corrected chi connectivity index (χ2v) is 7.11. The molecule has 0 fully saturated rings. The van der Waals surface area contributed by atoms with Gasteiger partial charge in [-0.2, -0.15) is 0 Å². The number of aryl methyl sites for hydroxylation is 2. The summed E-state index contributed by atoms with van der Waals surface area (Å²) in [6.07, 6.45) is 12.8. The van der Waals surface area contributed by atoms with E-state index in [9.17, 15) is 0 Å². The van der Waals surface area contributed by atoms with Crippen LogP contribution in [0.1, 0.15) is 75.0 Å². The van der Waals surface area contributed by atoms with E-state index >= 15 is 0 Å². The van der Waals surface area contributed by atoms with E-state index in [1.807, 2.05) is 11.3 Å². The molecule has 0 aliphatic carbocycles. The molecule has 3 heteroatoms. The van der Waals surface area contributed by atoms with Crippen molar-refractivity contribution in [2.75, 3.05) is 13.2 Å². The lowest BCUT2D eigenvalue weighted by atomic mass is 10.1. The molecule has 2 rings (SSSR count). The molecule has 0 aromatic carbocycles. The van der Waals surface area contributed by atoms with Gasteiger partial charge in [-0.15, -0.1) is 11.3 Å². The number of thiophene rings is 1. The maximum Gasteiger partial charge on any atom is 0.175 e. The number of hydrogen-bond donors (Lipinski definition) is 0. The van der Waals surface area contributed by atoms with Gasteiger partial charge in [0.2, 0.25) is 0 Å². The van der Waals surface area contributed by atoms with Crippen molar-refractivity contribution < 1.29 is 9.47 Å². The molecular formula is C18H30O2S. The van der Waals surface area contributed by atoms with E-state index in [0.717, 1.165) is 24.3 Å². The maximum atomic E-state index is 5.91. The molecule has 1 aliphatic rings. The lowest BCUT2D eigenvalue weighted by Crippen LogP contribution is -2.15. The predicted molar refractivity (Wildman–Crippen MR) is 91.0 cm³/mol. The molecule has 21 heavy (non-hydrogen) atoms. The van der Waals surface area contributed by atoms with Gasteiger partial charge in [0.05, 0.1) is 9.75 Å². The van der Waals surface area contributed by atoms with E-state index in [1.165, 1.54) is 61.1 Å². The van der Waals surface area contributed by atoms with Crippen LogP contribution in [0.25, 0.3) is 0 Å². The summed E-state index contributed by atoms with van der Waals surface area (Å²) in [7, 11) is 0. The lowest BCUT2D eigenvalue weighted by Gasteiger charge is -2.17. The smallest absolute Gasteiger partial charge is 0.175 e. The first kappa shape index (κ1) is 16.7.